The minimum atomic E-state index is 0. The number of fused-ring (bicyclic) bond motifs is 1. The average molecular weight is 520 g/mol. The Labute approximate surface area is 194 Å². The normalized spacial score (nSPS) is 15.1. The molecule has 0 atom stereocenters. The minimum absolute atomic E-state index is 0. The summed E-state index contributed by atoms with van der Waals surface area (Å²) in [6, 6.07) is 12.4. The van der Waals surface area contributed by atoms with Crippen LogP contribution in [0.3, 0.4) is 0 Å². The number of piperidine rings is 1. The third kappa shape index (κ3) is 5.59. The third-order valence-electron chi connectivity index (χ3n) is 5.14. The lowest BCUT2D eigenvalue weighted by atomic mass is 10.1. The molecule has 0 saturated carbocycles. The fraction of sp³-hybridized carbons (Fsp3) is 0.429. The summed E-state index contributed by atoms with van der Waals surface area (Å²) in [6.07, 6.45) is 6.73. The molecule has 2 N–H and O–H groups in total. The van der Waals surface area contributed by atoms with Crippen LogP contribution in [0, 0.1) is 0 Å². The summed E-state index contributed by atoms with van der Waals surface area (Å²) in [6.45, 7) is 5.59. The highest BCUT2D eigenvalue weighted by molar-refractivity contribution is 14.0. The fourth-order valence-electron chi connectivity index (χ4n) is 3.64. The molecular formula is C21H29IN8. The van der Waals surface area contributed by atoms with Gasteiger partial charge in [-0.3, -0.25) is 9.39 Å². The second kappa shape index (κ2) is 11.1. The lowest BCUT2D eigenvalue weighted by Crippen LogP contribution is -2.49. The Morgan fingerprint density at radius 1 is 1.13 bits per heavy atom. The number of pyridine rings is 2. The summed E-state index contributed by atoms with van der Waals surface area (Å²) in [7, 11) is 0. The van der Waals surface area contributed by atoms with Crippen molar-refractivity contribution in [1.82, 2.24) is 30.2 Å². The van der Waals surface area contributed by atoms with E-state index in [-0.39, 0.29) is 24.0 Å². The molecule has 160 valence electrons. The summed E-state index contributed by atoms with van der Waals surface area (Å²) < 4.78 is 2.02. The Morgan fingerprint density at radius 2 is 1.97 bits per heavy atom. The van der Waals surface area contributed by atoms with Crippen molar-refractivity contribution < 1.29 is 0 Å². The number of nitrogens with one attached hydrogen (secondary N) is 2. The highest BCUT2D eigenvalue weighted by Crippen LogP contribution is 2.17. The fourth-order valence-corrected chi connectivity index (χ4v) is 3.64. The monoisotopic (exact) mass is 520 g/mol. The Balaban J connectivity index is 0.00000256. The molecule has 0 aliphatic carbocycles. The smallest absolute Gasteiger partial charge is 0.191 e. The lowest BCUT2D eigenvalue weighted by molar-refractivity contribution is 0.459. The van der Waals surface area contributed by atoms with Gasteiger partial charge in [-0.15, -0.1) is 34.2 Å². The van der Waals surface area contributed by atoms with Gasteiger partial charge < -0.3 is 15.5 Å². The molecule has 8 nitrogen and oxygen atoms in total. The molecule has 3 aromatic heterocycles. The van der Waals surface area contributed by atoms with Gasteiger partial charge in [0, 0.05) is 51.0 Å². The summed E-state index contributed by atoms with van der Waals surface area (Å²) in [5, 5.41) is 15.4. The third-order valence-corrected chi connectivity index (χ3v) is 5.14. The van der Waals surface area contributed by atoms with Gasteiger partial charge in [-0.1, -0.05) is 12.1 Å². The molecule has 4 heterocycles. The number of hydrogen-bond acceptors (Lipinski definition) is 5. The first-order valence-corrected chi connectivity index (χ1v) is 10.3. The highest BCUT2D eigenvalue weighted by atomic mass is 127. The first-order chi connectivity index (χ1) is 14.3. The Bertz CT molecular complexity index is 934. The van der Waals surface area contributed by atoms with Crippen LogP contribution in [0.15, 0.2) is 53.8 Å². The van der Waals surface area contributed by atoms with Gasteiger partial charge in [-0.2, -0.15) is 0 Å². The molecule has 0 spiro atoms. The van der Waals surface area contributed by atoms with Crippen LogP contribution < -0.4 is 15.5 Å². The van der Waals surface area contributed by atoms with E-state index in [1.165, 1.54) is 0 Å². The van der Waals surface area contributed by atoms with E-state index in [1.54, 1.807) is 0 Å². The molecule has 1 aliphatic rings. The maximum absolute atomic E-state index is 4.75. The number of rotatable bonds is 6. The molecule has 1 fully saturated rings. The van der Waals surface area contributed by atoms with Crippen molar-refractivity contribution >= 4 is 41.4 Å². The topological polar surface area (TPSA) is 82.7 Å². The summed E-state index contributed by atoms with van der Waals surface area (Å²) >= 11 is 0. The van der Waals surface area contributed by atoms with Crippen molar-refractivity contribution in [3.05, 3.63) is 54.6 Å². The molecule has 0 aromatic carbocycles. The van der Waals surface area contributed by atoms with E-state index in [2.05, 4.69) is 43.7 Å². The molecule has 0 amide bonds. The Kier molecular flexibility index (Phi) is 8.23. The molecule has 0 radical (unpaired) electrons. The molecule has 9 heteroatoms. The zero-order valence-electron chi connectivity index (χ0n) is 17.2. The Morgan fingerprint density at radius 3 is 2.73 bits per heavy atom. The number of aliphatic imine (C=N–C) groups is 1. The van der Waals surface area contributed by atoms with Crippen LogP contribution in [0.1, 0.15) is 25.6 Å². The number of anilines is 1. The maximum atomic E-state index is 4.75. The zero-order chi connectivity index (χ0) is 19.9. The van der Waals surface area contributed by atoms with Gasteiger partial charge >= 0.3 is 0 Å². The summed E-state index contributed by atoms with van der Waals surface area (Å²) in [4.78, 5) is 11.6. The molecular weight excluding hydrogens is 491 g/mol. The van der Waals surface area contributed by atoms with E-state index in [4.69, 9.17) is 4.99 Å². The van der Waals surface area contributed by atoms with Gasteiger partial charge in [0.15, 0.2) is 11.6 Å². The average Bonchev–Trinajstić information content (AvgIpc) is 3.18. The van der Waals surface area contributed by atoms with Crippen molar-refractivity contribution in [3.63, 3.8) is 0 Å². The van der Waals surface area contributed by atoms with Crippen molar-refractivity contribution in [2.75, 3.05) is 31.1 Å². The standard InChI is InChI=1S/C21H28N8.HI/c1-2-22-21(24-13-9-20-27-26-19-8-4-6-14-29(19)20)25-17-10-15-28(16-11-17)18-7-3-5-12-23-18;/h3-8,12,14,17H,2,9-11,13,15-16H2,1H3,(H2,22,24,25);1H. The van der Waals surface area contributed by atoms with Crippen molar-refractivity contribution in [2.45, 2.75) is 32.2 Å². The van der Waals surface area contributed by atoms with E-state index in [0.717, 1.165) is 62.1 Å². The van der Waals surface area contributed by atoms with Crippen LogP contribution in [0.2, 0.25) is 0 Å². The van der Waals surface area contributed by atoms with E-state index < -0.39 is 0 Å². The first kappa shape index (κ1) is 22.3. The SMILES string of the molecule is CCNC(=NCCc1nnc2ccccn12)NC1CCN(c2ccccn2)CC1.I. The van der Waals surface area contributed by atoms with Crippen LogP contribution in [0.5, 0.6) is 0 Å². The molecule has 1 aliphatic heterocycles. The molecule has 30 heavy (non-hydrogen) atoms. The van der Waals surface area contributed by atoms with Crippen LogP contribution in [0.25, 0.3) is 5.65 Å². The van der Waals surface area contributed by atoms with Crippen molar-refractivity contribution in [1.29, 1.82) is 0 Å². The van der Waals surface area contributed by atoms with E-state index >= 15 is 0 Å². The van der Waals surface area contributed by atoms with Crippen molar-refractivity contribution in [3.8, 4) is 0 Å². The minimum Gasteiger partial charge on any atom is -0.357 e. The van der Waals surface area contributed by atoms with Gasteiger partial charge in [-0.05, 0) is 44.0 Å². The lowest BCUT2D eigenvalue weighted by Gasteiger charge is -2.33. The van der Waals surface area contributed by atoms with Crippen LogP contribution >= 0.6 is 24.0 Å². The number of nitrogens with zero attached hydrogens (tertiary/aromatic N) is 6. The van der Waals surface area contributed by atoms with E-state index in [1.807, 2.05) is 47.1 Å². The molecule has 4 rings (SSSR count). The van der Waals surface area contributed by atoms with E-state index in [0.29, 0.717) is 12.6 Å². The number of halogens is 1. The number of guanidine groups is 1. The maximum Gasteiger partial charge on any atom is 0.191 e. The van der Waals surface area contributed by atoms with Crippen LogP contribution in [-0.4, -0.2) is 57.8 Å². The van der Waals surface area contributed by atoms with Gasteiger partial charge in [0.05, 0.1) is 0 Å². The summed E-state index contributed by atoms with van der Waals surface area (Å²) in [5.74, 6) is 2.87. The predicted octanol–water partition coefficient (Wildman–Crippen LogP) is 2.51. The molecule has 3 aromatic rings. The highest BCUT2D eigenvalue weighted by Gasteiger charge is 2.20. The predicted molar refractivity (Wildman–Crippen MR) is 131 cm³/mol. The zero-order valence-corrected chi connectivity index (χ0v) is 19.6. The van der Waals surface area contributed by atoms with Crippen LogP contribution in [0.4, 0.5) is 5.82 Å². The second-order valence-corrected chi connectivity index (χ2v) is 7.15. The number of aromatic nitrogens is 4. The molecule has 1 saturated heterocycles. The number of hydrogen-bond donors (Lipinski definition) is 2. The Hall–Kier alpha value is -2.43. The van der Waals surface area contributed by atoms with Crippen LogP contribution in [-0.2, 0) is 6.42 Å². The quantitative estimate of drug-likeness (QED) is 0.296. The van der Waals surface area contributed by atoms with E-state index in [9.17, 15) is 0 Å². The second-order valence-electron chi connectivity index (χ2n) is 7.15. The van der Waals surface area contributed by atoms with Gasteiger partial charge in [-0.25, -0.2) is 4.98 Å². The van der Waals surface area contributed by atoms with Gasteiger partial charge in [0.25, 0.3) is 0 Å². The first-order valence-electron chi connectivity index (χ1n) is 10.3. The van der Waals surface area contributed by atoms with Gasteiger partial charge in [0.2, 0.25) is 0 Å². The summed E-state index contributed by atoms with van der Waals surface area (Å²) in [5.41, 5.74) is 0.871. The molecule has 0 unspecified atom stereocenters. The molecule has 0 bridgehead atoms. The van der Waals surface area contributed by atoms with Gasteiger partial charge in [0.1, 0.15) is 11.6 Å². The largest absolute Gasteiger partial charge is 0.357 e. The van der Waals surface area contributed by atoms with Crippen molar-refractivity contribution in [2.24, 2.45) is 4.99 Å².